The molecule has 1 saturated heterocycles. The topological polar surface area (TPSA) is 72.4 Å². The lowest BCUT2D eigenvalue weighted by molar-refractivity contribution is -0.118. The first kappa shape index (κ1) is 11.4. The van der Waals surface area contributed by atoms with Crippen LogP contribution in [0.15, 0.2) is 0 Å². The maximum atomic E-state index is 10.6. The summed E-state index contributed by atoms with van der Waals surface area (Å²) >= 11 is 4.96. The number of primary amides is 1. The monoisotopic (exact) mass is 215 g/mol. The van der Waals surface area contributed by atoms with Crippen molar-refractivity contribution >= 4 is 23.1 Å². The van der Waals surface area contributed by atoms with Crippen molar-refractivity contribution in [2.75, 3.05) is 19.6 Å². The van der Waals surface area contributed by atoms with Crippen LogP contribution in [0.3, 0.4) is 0 Å². The Morgan fingerprint density at radius 2 is 2.21 bits per heavy atom. The van der Waals surface area contributed by atoms with Crippen molar-refractivity contribution in [3.05, 3.63) is 0 Å². The van der Waals surface area contributed by atoms with E-state index in [1.165, 1.54) is 0 Å². The lowest BCUT2D eigenvalue weighted by atomic mass is 9.98. The molecule has 0 bridgehead atoms. The van der Waals surface area contributed by atoms with Gasteiger partial charge in [-0.1, -0.05) is 12.2 Å². The normalized spacial score (nSPS) is 23.3. The van der Waals surface area contributed by atoms with E-state index in [4.69, 9.17) is 23.7 Å². The van der Waals surface area contributed by atoms with Gasteiger partial charge in [-0.3, -0.25) is 4.79 Å². The molecular weight excluding hydrogens is 198 g/mol. The smallest absolute Gasteiger partial charge is 0.218 e. The van der Waals surface area contributed by atoms with E-state index in [-0.39, 0.29) is 5.91 Å². The molecule has 1 unspecified atom stereocenters. The van der Waals surface area contributed by atoms with Gasteiger partial charge >= 0.3 is 0 Å². The molecule has 0 aromatic carbocycles. The van der Waals surface area contributed by atoms with Gasteiger partial charge in [-0.05, 0) is 19.4 Å². The highest BCUT2D eigenvalue weighted by Gasteiger charge is 2.21. The van der Waals surface area contributed by atoms with Gasteiger partial charge in [0, 0.05) is 25.4 Å². The summed E-state index contributed by atoms with van der Waals surface area (Å²) in [5.41, 5.74) is 10.7. The number of rotatable bonds is 4. The fourth-order valence-corrected chi connectivity index (χ4v) is 1.95. The zero-order valence-electron chi connectivity index (χ0n) is 8.24. The van der Waals surface area contributed by atoms with E-state index in [0.717, 1.165) is 32.5 Å². The molecule has 1 atom stereocenters. The highest BCUT2D eigenvalue weighted by Crippen LogP contribution is 2.16. The Kier molecular flexibility index (Phi) is 4.28. The molecular formula is C9H17N3OS. The molecule has 0 spiro atoms. The first-order valence-electron chi connectivity index (χ1n) is 4.89. The van der Waals surface area contributed by atoms with Gasteiger partial charge in [0.15, 0.2) is 0 Å². The molecule has 1 heterocycles. The van der Waals surface area contributed by atoms with Crippen LogP contribution in [0.4, 0.5) is 0 Å². The van der Waals surface area contributed by atoms with E-state index < -0.39 is 0 Å². The standard InChI is InChI=1S/C9H17N3OS/c10-8(13)3-5-12-4-1-2-7(6-12)9(11)14/h7H,1-6H2,(H2,10,13)(H2,11,14). The van der Waals surface area contributed by atoms with Crippen LogP contribution < -0.4 is 11.5 Å². The molecule has 1 fully saturated rings. The number of hydrogen-bond acceptors (Lipinski definition) is 3. The average molecular weight is 215 g/mol. The third kappa shape index (κ3) is 3.59. The molecule has 14 heavy (non-hydrogen) atoms. The van der Waals surface area contributed by atoms with E-state index in [2.05, 4.69) is 4.90 Å². The summed E-state index contributed by atoms with van der Waals surface area (Å²) in [6.45, 7) is 2.63. The van der Waals surface area contributed by atoms with Crippen molar-refractivity contribution in [3.8, 4) is 0 Å². The van der Waals surface area contributed by atoms with Crippen LogP contribution in [-0.4, -0.2) is 35.4 Å². The highest BCUT2D eigenvalue weighted by molar-refractivity contribution is 7.80. The summed E-state index contributed by atoms with van der Waals surface area (Å²) in [5, 5.41) is 0. The lowest BCUT2D eigenvalue weighted by Crippen LogP contribution is -2.41. The lowest BCUT2D eigenvalue weighted by Gasteiger charge is -2.31. The van der Waals surface area contributed by atoms with Gasteiger partial charge in [0.05, 0.1) is 4.99 Å². The van der Waals surface area contributed by atoms with Gasteiger partial charge in [0.1, 0.15) is 0 Å². The quantitative estimate of drug-likeness (QED) is 0.640. The van der Waals surface area contributed by atoms with E-state index in [9.17, 15) is 4.79 Å². The van der Waals surface area contributed by atoms with Crippen molar-refractivity contribution in [1.29, 1.82) is 0 Å². The molecule has 1 aliphatic rings. The zero-order chi connectivity index (χ0) is 10.6. The SMILES string of the molecule is NC(=O)CCN1CCCC(C(N)=S)C1. The van der Waals surface area contributed by atoms with Crippen molar-refractivity contribution in [1.82, 2.24) is 4.90 Å². The van der Waals surface area contributed by atoms with Crippen molar-refractivity contribution < 1.29 is 4.79 Å². The Bertz CT molecular complexity index is 232. The number of likely N-dealkylation sites (tertiary alicyclic amines) is 1. The molecule has 80 valence electrons. The number of nitrogens with two attached hydrogens (primary N) is 2. The van der Waals surface area contributed by atoms with Gasteiger partial charge < -0.3 is 16.4 Å². The van der Waals surface area contributed by atoms with Gasteiger partial charge in [-0.15, -0.1) is 0 Å². The van der Waals surface area contributed by atoms with Gasteiger partial charge in [0.25, 0.3) is 0 Å². The van der Waals surface area contributed by atoms with Gasteiger partial charge in [-0.25, -0.2) is 0 Å². The van der Waals surface area contributed by atoms with E-state index in [0.29, 0.717) is 17.3 Å². The number of thiocarbonyl (C=S) groups is 1. The summed E-state index contributed by atoms with van der Waals surface area (Å²) in [6, 6.07) is 0. The van der Waals surface area contributed by atoms with Crippen LogP contribution in [0.1, 0.15) is 19.3 Å². The Balaban J connectivity index is 2.32. The van der Waals surface area contributed by atoms with Crippen LogP contribution in [0.2, 0.25) is 0 Å². The molecule has 5 heteroatoms. The van der Waals surface area contributed by atoms with Crippen molar-refractivity contribution in [2.45, 2.75) is 19.3 Å². The molecule has 0 radical (unpaired) electrons. The molecule has 0 aromatic rings. The minimum atomic E-state index is -0.248. The second-order valence-electron chi connectivity index (χ2n) is 3.76. The van der Waals surface area contributed by atoms with E-state index in [1.54, 1.807) is 0 Å². The van der Waals surface area contributed by atoms with Gasteiger partial charge in [0.2, 0.25) is 5.91 Å². The second kappa shape index (κ2) is 5.26. The number of nitrogens with zero attached hydrogens (tertiary/aromatic N) is 1. The van der Waals surface area contributed by atoms with Crippen LogP contribution in [0.5, 0.6) is 0 Å². The number of hydrogen-bond donors (Lipinski definition) is 2. The fraction of sp³-hybridized carbons (Fsp3) is 0.778. The summed E-state index contributed by atoms with van der Waals surface area (Å²) in [7, 11) is 0. The molecule has 0 aliphatic carbocycles. The van der Waals surface area contributed by atoms with Crippen LogP contribution in [0, 0.1) is 5.92 Å². The molecule has 1 amide bonds. The Morgan fingerprint density at radius 1 is 1.50 bits per heavy atom. The molecule has 1 aliphatic heterocycles. The molecule has 1 rings (SSSR count). The predicted molar refractivity (Wildman–Crippen MR) is 59.8 cm³/mol. The van der Waals surface area contributed by atoms with Crippen LogP contribution in [0.25, 0.3) is 0 Å². The first-order chi connectivity index (χ1) is 6.59. The van der Waals surface area contributed by atoms with Crippen LogP contribution in [-0.2, 0) is 4.79 Å². The van der Waals surface area contributed by atoms with Crippen molar-refractivity contribution in [3.63, 3.8) is 0 Å². The van der Waals surface area contributed by atoms with E-state index in [1.807, 2.05) is 0 Å². The molecule has 0 saturated carbocycles. The number of piperidine rings is 1. The number of amides is 1. The largest absolute Gasteiger partial charge is 0.393 e. The summed E-state index contributed by atoms with van der Waals surface area (Å²) in [4.78, 5) is 13.4. The molecule has 0 aromatic heterocycles. The first-order valence-corrected chi connectivity index (χ1v) is 5.30. The minimum absolute atomic E-state index is 0.248. The van der Waals surface area contributed by atoms with Crippen LogP contribution >= 0.6 is 12.2 Å². The Morgan fingerprint density at radius 3 is 2.79 bits per heavy atom. The van der Waals surface area contributed by atoms with Crippen molar-refractivity contribution in [2.24, 2.45) is 17.4 Å². The zero-order valence-corrected chi connectivity index (χ0v) is 9.05. The van der Waals surface area contributed by atoms with Gasteiger partial charge in [-0.2, -0.15) is 0 Å². The Hall–Kier alpha value is -0.680. The maximum Gasteiger partial charge on any atom is 0.218 e. The summed E-state index contributed by atoms with van der Waals surface area (Å²) in [6.07, 6.45) is 2.59. The minimum Gasteiger partial charge on any atom is -0.393 e. The number of carbonyl (C=O) groups is 1. The summed E-state index contributed by atoms with van der Waals surface area (Å²) in [5.74, 6) is 0.0640. The number of carbonyl (C=O) groups excluding carboxylic acids is 1. The third-order valence-corrected chi connectivity index (χ3v) is 2.92. The molecule has 4 N–H and O–H groups in total. The second-order valence-corrected chi connectivity index (χ2v) is 4.23. The van der Waals surface area contributed by atoms with E-state index >= 15 is 0 Å². The highest BCUT2D eigenvalue weighted by atomic mass is 32.1. The molecule has 4 nitrogen and oxygen atoms in total. The fourth-order valence-electron chi connectivity index (χ4n) is 1.76. The predicted octanol–water partition coefficient (Wildman–Crippen LogP) is -0.140. The maximum absolute atomic E-state index is 10.6. The summed E-state index contributed by atoms with van der Waals surface area (Å²) < 4.78 is 0. The average Bonchev–Trinajstić information content (AvgIpc) is 2.15. The third-order valence-electron chi connectivity index (χ3n) is 2.58. The Labute approximate surface area is 89.6 Å².